The first-order valence-electron chi connectivity index (χ1n) is 6.80. The summed E-state index contributed by atoms with van der Waals surface area (Å²) in [6.07, 6.45) is 2.46. The Morgan fingerprint density at radius 2 is 1.89 bits per heavy atom. The smallest absolute Gasteiger partial charge is 0.223 e. The van der Waals surface area contributed by atoms with Crippen molar-refractivity contribution in [3.63, 3.8) is 0 Å². The van der Waals surface area contributed by atoms with Crippen LogP contribution in [0.4, 0.5) is 4.39 Å². The van der Waals surface area contributed by atoms with Crippen molar-refractivity contribution in [3.8, 4) is 5.75 Å². The number of hydrogen-bond donors (Lipinski definition) is 1. The first-order chi connectivity index (χ1) is 9.15. The maximum Gasteiger partial charge on any atom is 0.223 e. The summed E-state index contributed by atoms with van der Waals surface area (Å²) in [5, 5.41) is 2.90. The van der Waals surface area contributed by atoms with Crippen LogP contribution >= 0.6 is 0 Å². The quantitative estimate of drug-likeness (QED) is 0.785. The highest BCUT2D eigenvalue weighted by molar-refractivity contribution is 5.75. The topological polar surface area (TPSA) is 38.3 Å². The van der Waals surface area contributed by atoms with Crippen LogP contribution in [0.5, 0.6) is 5.75 Å². The van der Waals surface area contributed by atoms with Gasteiger partial charge in [-0.15, -0.1) is 0 Å². The fourth-order valence-electron chi connectivity index (χ4n) is 1.72. The van der Waals surface area contributed by atoms with E-state index in [-0.39, 0.29) is 11.7 Å². The zero-order valence-electron chi connectivity index (χ0n) is 11.6. The summed E-state index contributed by atoms with van der Waals surface area (Å²) in [6, 6.07) is 5.78. The van der Waals surface area contributed by atoms with Crippen molar-refractivity contribution in [3.05, 3.63) is 30.1 Å². The Hall–Kier alpha value is -1.58. The molecule has 1 aromatic rings. The second-order valence-electron chi connectivity index (χ2n) is 4.54. The maximum atomic E-state index is 12.7. The number of amides is 1. The van der Waals surface area contributed by atoms with Crippen molar-refractivity contribution in [2.24, 2.45) is 5.92 Å². The molecule has 0 saturated carbocycles. The van der Waals surface area contributed by atoms with Crippen LogP contribution in [0, 0.1) is 11.7 Å². The van der Waals surface area contributed by atoms with Gasteiger partial charge in [-0.3, -0.25) is 4.79 Å². The van der Waals surface area contributed by atoms with E-state index in [2.05, 4.69) is 19.2 Å². The molecule has 0 heterocycles. The van der Waals surface area contributed by atoms with Gasteiger partial charge in [-0.1, -0.05) is 26.7 Å². The minimum Gasteiger partial charge on any atom is -0.493 e. The van der Waals surface area contributed by atoms with Gasteiger partial charge >= 0.3 is 0 Å². The number of carbonyl (C=O) groups excluding carboxylic acids is 1. The number of benzene rings is 1. The standard InChI is InChI=1S/C15H22FNO2/c1-3-12(4-2)11-17-15(18)9-10-19-14-7-5-13(16)6-8-14/h5-8,12H,3-4,9-11H2,1-2H3,(H,17,18). The fraction of sp³-hybridized carbons (Fsp3) is 0.533. The number of rotatable bonds is 8. The molecule has 4 heteroatoms. The lowest BCUT2D eigenvalue weighted by Crippen LogP contribution is -2.29. The van der Waals surface area contributed by atoms with Gasteiger partial charge in [0.1, 0.15) is 11.6 Å². The van der Waals surface area contributed by atoms with Gasteiger partial charge < -0.3 is 10.1 Å². The summed E-state index contributed by atoms with van der Waals surface area (Å²) in [4.78, 5) is 11.6. The molecular weight excluding hydrogens is 245 g/mol. The summed E-state index contributed by atoms with van der Waals surface area (Å²) < 4.78 is 18.0. The summed E-state index contributed by atoms with van der Waals surface area (Å²) in [5.41, 5.74) is 0. The molecule has 0 fully saturated rings. The number of halogens is 1. The van der Waals surface area contributed by atoms with Crippen LogP contribution < -0.4 is 10.1 Å². The van der Waals surface area contributed by atoms with Gasteiger partial charge in [-0.25, -0.2) is 4.39 Å². The van der Waals surface area contributed by atoms with E-state index in [0.29, 0.717) is 24.7 Å². The second-order valence-corrected chi connectivity index (χ2v) is 4.54. The molecule has 0 radical (unpaired) electrons. The van der Waals surface area contributed by atoms with Crippen molar-refractivity contribution in [2.45, 2.75) is 33.1 Å². The molecule has 19 heavy (non-hydrogen) atoms. The Morgan fingerprint density at radius 3 is 2.47 bits per heavy atom. The van der Waals surface area contributed by atoms with Crippen LogP contribution in [0.1, 0.15) is 33.1 Å². The molecule has 1 N–H and O–H groups in total. The van der Waals surface area contributed by atoms with Crippen LogP contribution in [0.25, 0.3) is 0 Å². The van der Waals surface area contributed by atoms with E-state index in [1.54, 1.807) is 12.1 Å². The Kier molecular flexibility index (Phi) is 6.93. The third-order valence-corrected chi connectivity index (χ3v) is 3.15. The molecule has 0 saturated heterocycles. The molecule has 1 amide bonds. The predicted molar refractivity (Wildman–Crippen MR) is 73.6 cm³/mol. The maximum absolute atomic E-state index is 12.7. The van der Waals surface area contributed by atoms with Crippen molar-refractivity contribution in [2.75, 3.05) is 13.2 Å². The molecule has 1 aromatic carbocycles. The molecule has 0 spiro atoms. The minimum absolute atomic E-state index is 0.00554. The number of carbonyl (C=O) groups is 1. The van der Waals surface area contributed by atoms with Crippen LogP contribution in [0.15, 0.2) is 24.3 Å². The normalized spacial score (nSPS) is 10.5. The lowest BCUT2D eigenvalue weighted by molar-refractivity contribution is -0.121. The van der Waals surface area contributed by atoms with E-state index >= 15 is 0 Å². The van der Waals surface area contributed by atoms with Gasteiger partial charge in [0.05, 0.1) is 13.0 Å². The lowest BCUT2D eigenvalue weighted by atomic mass is 10.0. The van der Waals surface area contributed by atoms with Gasteiger partial charge in [0.25, 0.3) is 0 Å². The summed E-state index contributed by atoms with van der Waals surface area (Å²) >= 11 is 0. The van der Waals surface area contributed by atoms with Crippen molar-refractivity contribution < 1.29 is 13.9 Å². The average molecular weight is 267 g/mol. The van der Waals surface area contributed by atoms with Gasteiger partial charge in [0, 0.05) is 6.54 Å². The van der Waals surface area contributed by atoms with Crippen LogP contribution in [-0.4, -0.2) is 19.1 Å². The SMILES string of the molecule is CCC(CC)CNC(=O)CCOc1ccc(F)cc1. The lowest BCUT2D eigenvalue weighted by Gasteiger charge is -2.13. The monoisotopic (exact) mass is 267 g/mol. The van der Waals surface area contributed by atoms with Gasteiger partial charge in [0.15, 0.2) is 0 Å². The number of nitrogens with one attached hydrogen (secondary N) is 1. The Balaban J connectivity index is 2.18. The molecule has 0 aliphatic heterocycles. The van der Waals surface area contributed by atoms with E-state index in [4.69, 9.17) is 4.74 Å². The molecule has 0 unspecified atom stereocenters. The molecule has 1 rings (SSSR count). The Morgan fingerprint density at radius 1 is 1.26 bits per heavy atom. The summed E-state index contributed by atoms with van der Waals surface area (Å²) in [6.45, 7) is 5.28. The zero-order valence-corrected chi connectivity index (χ0v) is 11.6. The van der Waals surface area contributed by atoms with E-state index < -0.39 is 0 Å². The van der Waals surface area contributed by atoms with Gasteiger partial charge in [0.2, 0.25) is 5.91 Å². The third-order valence-electron chi connectivity index (χ3n) is 3.15. The molecule has 106 valence electrons. The Labute approximate surface area is 114 Å². The Bertz CT molecular complexity index is 374. The van der Waals surface area contributed by atoms with E-state index in [0.717, 1.165) is 19.4 Å². The molecule has 0 aliphatic carbocycles. The first-order valence-corrected chi connectivity index (χ1v) is 6.80. The molecule has 0 aromatic heterocycles. The van der Waals surface area contributed by atoms with Gasteiger partial charge in [-0.05, 0) is 30.2 Å². The highest BCUT2D eigenvalue weighted by Crippen LogP contribution is 2.11. The summed E-state index contributed by atoms with van der Waals surface area (Å²) in [7, 11) is 0. The highest BCUT2D eigenvalue weighted by Gasteiger charge is 2.06. The van der Waals surface area contributed by atoms with Crippen molar-refractivity contribution in [1.82, 2.24) is 5.32 Å². The van der Waals surface area contributed by atoms with Crippen LogP contribution in [0.2, 0.25) is 0 Å². The number of ether oxygens (including phenoxy) is 1. The molecular formula is C15H22FNO2. The molecule has 0 aliphatic rings. The van der Waals surface area contributed by atoms with E-state index in [1.807, 2.05) is 0 Å². The second kappa shape index (κ2) is 8.51. The van der Waals surface area contributed by atoms with Crippen LogP contribution in [0.3, 0.4) is 0 Å². The minimum atomic E-state index is -0.296. The summed E-state index contributed by atoms with van der Waals surface area (Å²) in [5.74, 6) is 0.820. The zero-order chi connectivity index (χ0) is 14.1. The fourth-order valence-corrected chi connectivity index (χ4v) is 1.72. The van der Waals surface area contributed by atoms with Crippen molar-refractivity contribution >= 4 is 5.91 Å². The van der Waals surface area contributed by atoms with E-state index in [1.165, 1.54) is 12.1 Å². The average Bonchev–Trinajstić information content (AvgIpc) is 2.42. The van der Waals surface area contributed by atoms with Gasteiger partial charge in [-0.2, -0.15) is 0 Å². The largest absolute Gasteiger partial charge is 0.493 e. The highest BCUT2D eigenvalue weighted by atomic mass is 19.1. The van der Waals surface area contributed by atoms with E-state index in [9.17, 15) is 9.18 Å². The first kappa shape index (κ1) is 15.5. The molecule has 0 atom stereocenters. The number of hydrogen-bond acceptors (Lipinski definition) is 2. The predicted octanol–water partition coefficient (Wildman–Crippen LogP) is 3.15. The third kappa shape index (κ3) is 6.22. The van der Waals surface area contributed by atoms with Crippen molar-refractivity contribution in [1.29, 1.82) is 0 Å². The molecule has 0 bridgehead atoms. The molecule has 3 nitrogen and oxygen atoms in total. The van der Waals surface area contributed by atoms with Crippen LogP contribution in [-0.2, 0) is 4.79 Å².